The molecule has 1 aromatic carbocycles. The van der Waals surface area contributed by atoms with Crippen LogP contribution in [0, 0.1) is 18.6 Å². The highest BCUT2D eigenvalue weighted by atomic mass is 19.2. The normalized spacial score (nSPS) is 11.8. The molecule has 2 heterocycles. The Morgan fingerprint density at radius 2 is 1.88 bits per heavy atom. The molecule has 0 N–H and O–H groups in total. The molecular formula is C26H33F2N5. The van der Waals surface area contributed by atoms with Crippen LogP contribution in [0.3, 0.4) is 0 Å². The summed E-state index contributed by atoms with van der Waals surface area (Å²) in [4.78, 5) is 6.32. The monoisotopic (exact) mass is 453 g/mol. The predicted octanol–water partition coefficient (Wildman–Crippen LogP) is 4.75. The minimum absolute atomic E-state index is 0.440. The molecule has 2 aromatic heterocycles. The first-order chi connectivity index (χ1) is 15.7. The Balaban J connectivity index is 1.75. The third-order valence-corrected chi connectivity index (χ3v) is 5.91. The summed E-state index contributed by atoms with van der Waals surface area (Å²) in [5.41, 5.74) is 5.28. The smallest absolute Gasteiger partial charge is 0.162 e. The minimum Gasteiger partial charge on any atom is -0.335 e. The third kappa shape index (κ3) is 5.85. The summed E-state index contributed by atoms with van der Waals surface area (Å²) in [6, 6.07) is 2.88. The maximum atomic E-state index is 14.7. The second-order valence-electron chi connectivity index (χ2n) is 8.73. The van der Waals surface area contributed by atoms with Gasteiger partial charge in [0.15, 0.2) is 11.6 Å². The van der Waals surface area contributed by atoms with Crippen LogP contribution in [-0.4, -0.2) is 44.9 Å². The van der Waals surface area contributed by atoms with Crippen molar-refractivity contribution in [1.29, 1.82) is 0 Å². The van der Waals surface area contributed by atoms with Crippen LogP contribution in [0.4, 0.5) is 8.78 Å². The van der Waals surface area contributed by atoms with Crippen LogP contribution in [0.25, 0.3) is 11.6 Å². The molecule has 33 heavy (non-hydrogen) atoms. The highest BCUT2D eigenvalue weighted by Crippen LogP contribution is 2.25. The van der Waals surface area contributed by atoms with E-state index in [9.17, 15) is 8.78 Å². The van der Waals surface area contributed by atoms with Gasteiger partial charge in [-0.25, -0.2) is 13.8 Å². The number of aromatic nitrogens is 4. The minimum atomic E-state index is -0.806. The average molecular weight is 454 g/mol. The van der Waals surface area contributed by atoms with E-state index in [2.05, 4.69) is 21.6 Å². The zero-order valence-corrected chi connectivity index (χ0v) is 20.2. The van der Waals surface area contributed by atoms with Crippen molar-refractivity contribution >= 4 is 11.6 Å². The molecule has 0 amide bonds. The quantitative estimate of drug-likeness (QED) is 0.445. The molecule has 3 rings (SSSR count). The topological polar surface area (TPSA) is 38.9 Å². The Morgan fingerprint density at radius 1 is 1.15 bits per heavy atom. The first kappa shape index (κ1) is 24.6. The van der Waals surface area contributed by atoms with Crippen LogP contribution in [0.2, 0.25) is 0 Å². The van der Waals surface area contributed by atoms with Crippen molar-refractivity contribution in [2.24, 2.45) is 14.1 Å². The number of imidazole rings is 1. The molecule has 0 unspecified atom stereocenters. The summed E-state index contributed by atoms with van der Waals surface area (Å²) >= 11 is 0. The number of nitrogens with zero attached hydrogens (tertiary/aromatic N) is 5. The van der Waals surface area contributed by atoms with Gasteiger partial charge in [-0.1, -0.05) is 18.7 Å². The van der Waals surface area contributed by atoms with Gasteiger partial charge in [0, 0.05) is 44.3 Å². The van der Waals surface area contributed by atoms with Gasteiger partial charge in [-0.15, -0.1) is 0 Å². The summed E-state index contributed by atoms with van der Waals surface area (Å²) in [7, 11) is 7.83. The second kappa shape index (κ2) is 10.7. The molecule has 5 nitrogen and oxygen atoms in total. The largest absolute Gasteiger partial charge is 0.335 e. The molecule has 0 aliphatic heterocycles. The molecule has 0 atom stereocenters. The summed E-state index contributed by atoms with van der Waals surface area (Å²) in [5.74, 6) is -0.742. The maximum Gasteiger partial charge on any atom is 0.162 e. The van der Waals surface area contributed by atoms with Crippen LogP contribution in [0.5, 0.6) is 0 Å². The lowest BCUT2D eigenvalue weighted by Crippen LogP contribution is -2.15. The van der Waals surface area contributed by atoms with Crippen LogP contribution in [0.15, 0.2) is 37.2 Å². The number of hydrogen-bond acceptors (Lipinski definition) is 3. The van der Waals surface area contributed by atoms with Crippen molar-refractivity contribution in [3.63, 3.8) is 0 Å². The van der Waals surface area contributed by atoms with Crippen LogP contribution < -0.4 is 0 Å². The Labute approximate surface area is 195 Å². The fourth-order valence-electron chi connectivity index (χ4n) is 4.06. The molecule has 0 saturated carbocycles. The molecule has 0 aliphatic rings. The van der Waals surface area contributed by atoms with Crippen LogP contribution in [0.1, 0.15) is 40.3 Å². The fourth-order valence-corrected chi connectivity index (χ4v) is 4.06. The second-order valence-corrected chi connectivity index (χ2v) is 8.73. The van der Waals surface area contributed by atoms with E-state index in [-0.39, 0.29) is 0 Å². The Hall–Kier alpha value is -3.06. The lowest BCUT2D eigenvalue weighted by atomic mass is 9.95. The average Bonchev–Trinajstić information content (AvgIpc) is 3.29. The van der Waals surface area contributed by atoms with E-state index in [1.807, 2.05) is 62.7 Å². The zero-order chi connectivity index (χ0) is 24.1. The van der Waals surface area contributed by atoms with E-state index in [4.69, 9.17) is 0 Å². The van der Waals surface area contributed by atoms with Gasteiger partial charge in [0.05, 0.1) is 5.69 Å². The zero-order valence-electron chi connectivity index (χ0n) is 20.2. The van der Waals surface area contributed by atoms with Crippen molar-refractivity contribution in [3.8, 4) is 0 Å². The highest BCUT2D eigenvalue weighted by molar-refractivity contribution is 5.65. The first-order valence-electron chi connectivity index (χ1n) is 11.1. The van der Waals surface area contributed by atoms with Crippen molar-refractivity contribution in [1.82, 2.24) is 24.2 Å². The molecule has 0 spiro atoms. The number of aryl methyl sites for hydroxylation is 2. The van der Waals surface area contributed by atoms with Gasteiger partial charge in [-0.05, 0) is 75.5 Å². The van der Waals surface area contributed by atoms with Gasteiger partial charge in [-0.3, -0.25) is 4.68 Å². The van der Waals surface area contributed by atoms with Gasteiger partial charge in [0.25, 0.3) is 0 Å². The molecule has 0 saturated heterocycles. The van der Waals surface area contributed by atoms with E-state index < -0.39 is 11.6 Å². The molecule has 0 radical (unpaired) electrons. The van der Waals surface area contributed by atoms with E-state index in [1.54, 1.807) is 12.3 Å². The lowest BCUT2D eigenvalue weighted by molar-refractivity contribution is 0.462. The van der Waals surface area contributed by atoms with Crippen molar-refractivity contribution in [2.45, 2.75) is 32.6 Å². The Bertz CT molecular complexity index is 1150. The van der Waals surface area contributed by atoms with Gasteiger partial charge in [-0.2, -0.15) is 5.10 Å². The molecule has 7 heteroatoms. The molecule has 176 valence electrons. The van der Waals surface area contributed by atoms with Crippen molar-refractivity contribution in [3.05, 3.63) is 82.7 Å². The summed E-state index contributed by atoms with van der Waals surface area (Å²) < 4.78 is 32.5. The SMILES string of the molecule is C=C(CN(C)C)c1nn(C)c(C)c1CCCc1c(C/C=C\c2nccn2C)ccc(F)c1F. The van der Waals surface area contributed by atoms with Crippen LogP contribution >= 0.6 is 0 Å². The van der Waals surface area contributed by atoms with Crippen molar-refractivity contribution < 1.29 is 8.78 Å². The number of rotatable bonds is 10. The maximum absolute atomic E-state index is 14.7. The molecule has 0 aliphatic carbocycles. The Morgan fingerprint density at radius 3 is 2.55 bits per heavy atom. The third-order valence-electron chi connectivity index (χ3n) is 5.91. The lowest BCUT2D eigenvalue weighted by Gasteiger charge is -2.13. The summed E-state index contributed by atoms with van der Waals surface area (Å²) in [6.45, 7) is 6.96. The number of allylic oxidation sites excluding steroid dienone is 1. The van der Waals surface area contributed by atoms with Gasteiger partial charge < -0.3 is 9.47 Å². The molecule has 0 bridgehead atoms. The van der Waals surface area contributed by atoms with Crippen molar-refractivity contribution in [2.75, 3.05) is 20.6 Å². The van der Waals surface area contributed by atoms with Gasteiger partial charge in [0.1, 0.15) is 5.82 Å². The van der Waals surface area contributed by atoms with Gasteiger partial charge in [0.2, 0.25) is 0 Å². The number of halogens is 2. The number of benzene rings is 1. The number of likely N-dealkylation sites (N-methyl/N-ethyl adjacent to an activating group) is 1. The van der Waals surface area contributed by atoms with E-state index >= 15 is 0 Å². The predicted molar refractivity (Wildman–Crippen MR) is 130 cm³/mol. The van der Waals surface area contributed by atoms with E-state index in [1.165, 1.54) is 6.07 Å². The molecular weight excluding hydrogens is 420 g/mol. The highest BCUT2D eigenvalue weighted by Gasteiger charge is 2.17. The summed E-state index contributed by atoms with van der Waals surface area (Å²) in [6.07, 6.45) is 9.79. The standard InChI is InChI=1S/C26H33F2N5/c1-18(17-31(3)4)26-21(19(2)33(6)30-26)10-8-11-22-20(13-14-23(27)25(22)28)9-7-12-24-29-15-16-32(24)5/h7,12-16H,1,8-11,17H2,2-6H3/b12-7-. The number of hydrogen-bond donors (Lipinski definition) is 0. The van der Waals surface area contributed by atoms with Crippen LogP contribution in [-0.2, 0) is 33.4 Å². The summed E-state index contributed by atoms with van der Waals surface area (Å²) in [5, 5.41) is 4.65. The Kier molecular flexibility index (Phi) is 7.97. The molecule has 0 fully saturated rings. The van der Waals surface area contributed by atoms with Gasteiger partial charge >= 0.3 is 0 Å². The van der Waals surface area contributed by atoms with E-state index in [0.29, 0.717) is 31.4 Å². The fraction of sp³-hybridized carbons (Fsp3) is 0.385. The first-order valence-corrected chi connectivity index (χ1v) is 11.1. The van der Waals surface area contributed by atoms with E-state index in [0.717, 1.165) is 40.3 Å². The molecule has 3 aromatic rings.